The number of rotatable bonds is 2. The average Bonchev–Trinajstić information content (AvgIpc) is 3.32. The molecule has 0 saturated heterocycles. The van der Waals surface area contributed by atoms with Crippen LogP contribution >= 0.6 is 89.6 Å². The number of benzene rings is 2. The van der Waals surface area contributed by atoms with Gasteiger partial charge in [0.2, 0.25) is 0 Å². The fourth-order valence-corrected chi connectivity index (χ4v) is 3.90. The van der Waals surface area contributed by atoms with Crippen molar-refractivity contribution >= 4 is 102 Å². The molecule has 0 amide bonds. The minimum atomic E-state index is -0.183. The minimum Gasteiger partial charge on any atom is -0.392 e. The van der Waals surface area contributed by atoms with Crippen LogP contribution in [-0.2, 0) is 11.9 Å². The van der Waals surface area contributed by atoms with Gasteiger partial charge in [-0.3, -0.25) is 0 Å². The summed E-state index contributed by atoms with van der Waals surface area (Å²) in [5, 5.41) is 10.2. The number of alkyl halides is 3. The molecule has 2 atom stereocenters. The third-order valence-corrected chi connectivity index (χ3v) is 5.46. The molecule has 2 aromatic carbocycles. The third kappa shape index (κ3) is 9.91. The quantitative estimate of drug-likeness (QED) is 0.240. The molecule has 2 aromatic rings. The highest BCUT2D eigenvalue weighted by molar-refractivity contribution is 9.93. The lowest BCUT2D eigenvalue weighted by Crippen LogP contribution is -1.92. The molecule has 0 fully saturated rings. The van der Waals surface area contributed by atoms with E-state index in [0.29, 0.717) is 11.8 Å². The Balaban J connectivity index is 0.000000240. The molecule has 8 heteroatoms. The summed E-state index contributed by atoms with van der Waals surface area (Å²) < 4.78 is -0.183. The first kappa shape index (κ1) is 29.8. The normalized spacial score (nSPS) is 17.0. The Bertz CT molecular complexity index is 804. The summed E-state index contributed by atoms with van der Waals surface area (Å²) in [4.78, 5) is 0. The van der Waals surface area contributed by atoms with Crippen LogP contribution in [0.2, 0.25) is 0 Å². The van der Waals surface area contributed by atoms with Gasteiger partial charge in [0.05, 0.1) is 11.9 Å². The van der Waals surface area contributed by atoms with Gasteiger partial charge in [-0.05, 0) is 91.7 Å². The second-order valence-electron chi connectivity index (χ2n) is 6.72. The Labute approximate surface area is 229 Å². The maximum Gasteiger partial charge on any atom is 0.103 e. The van der Waals surface area contributed by atoms with Crippen molar-refractivity contribution in [2.75, 3.05) is 5.34 Å². The van der Waals surface area contributed by atoms with Gasteiger partial charge in [0.25, 0.3) is 0 Å². The molecule has 2 aliphatic carbocycles. The molecule has 2 aliphatic rings. The molecule has 0 radical (unpaired) electrons. The van der Waals surface area contributed by atoms with Crippen molar-refractivity contribution < 1.29 is 5.11 Å². The molecule has 0 heterocycles. The molecule has 31 heavy (non-hydrogen) atoms. The molecular weight excluding hydrogens is 714 g/mol. The van der Waals surface area contributed by atoms with Gasteiger partial charge in [0.15, 0.2) is 0 Å². The first-order valence-electron chi connectivity index (χ1n) is 9.46. The number of allylic oxidation sites excluding steroid dienone is 2. The Morgan fingerprint density at radius 1 is 0.839 bits per heavy atom. The second-order valence-corrected chi connectivity index (χ2v) is 23.4. The number of hydrogen-bond donors (Lipinski definition) is 1. The van der Waals surface area contributed by atoms with E-state index >= 15 is 0 Å². The van der Waals surface area contributed by atoms with E-state index in [0.717, 1.165) is 10.9 Å². The Morgan fingerprint density at radius 2 is 1.23 bits per heavy atom. The van der Waals surface area contributed by atoms with Gasteiger partial charge in [0, 0.05) is 5.33 Å². The van der Waals surface area contributed by atoms with Gasteiger partial charge in [-0.25, -0.2) is 0 Å². The van der Waals surface area contributed by atoms with E-state index in [-0.39, 0.29) is 16.0 Å². The number of aliphatic hydroxyl groups is 1. The Kier molecular flexibility index (Phi) is 15.8. The van der Waals surface area contributed by atoms with Crippen LogP contribution in [0, 0.1) is 0 Å². The lowest BCUT2D eigenvalue weighted by atomic mass is 9.99. The third-order valence-electron chi connectivity index (χ3n) is 4.86. The highest BCUT2D eigenvalue weighted by Crippen LogP contribution is 2.59. The first-order chi connectivity index (χ1) is 14.8. The van der Waals surface area contributed by atoms with E-state index in [1.54, 1.807) is 0 Å². The monoisotopic (exact) mass is 734 g/mol. The fourth-order valence-electron chi connectivity index (χ4n) is 3.41. The number of halogens is 6. The van der Waals surface area contributed by atoms with Crippen LogP contribution in [0.1, 0.15) is 59.1 Å². The van der Waals surface area contributed by atoms with Crippen LogP contribution in [0.5, 0.6) is 0 Å². The molecule has 2 unspecified atom stereocenters. The topological polar surface area (TPSA) is 20.2 Å². The van der Waals surface area contributed by atoms with E-state index in [1.165, 1.54) is 27.8 Å². The van der Waals surface area contributed by atoms with Gasteiger partial charge in [0.1, 0.15) is 4.03 Å². The van der Waals surface area contributed by atoms with E-state index in [4.69, 9.17) is 28.3 Å². The van der Waals surface area contributed by atoms with Gasteiger partial charge in [-0.2, -0.15) is 0 Å². The molecule has 0 saturated carbocycles. The first-order valence-corrected chi connectivity index (χ1v) is 19.1. The zero-order valence-electron chi connectivity index (χ0n) is 17.2. The molecule has 0 aromatic heterocycles. The Hall–Kier alpha value is 0.810. The number of fused-ring (bicyclic) bond motifs is 2. The van der Waals surface area contributed by atoms with Gasteiger partial charge < -0.3 is 5.11 Å². The van der Waals surface area contributed by atoms with Crippen LogP contribution in [0.3, 0.4) is 0 Å². The number of hydrogen-bond acceptors (Lipinski definition) is 1. The van der Waals surface area contributed by atoms with Gasteiger partial charge in [-0.1, -0.05) is 90.5 Å². The van der Waals surface area contributed by atoms with Crippen LogP contribution in [0.15, 0.2) is 48.6 Å². The largest absolute Gasteiger partial charge is 0.392 e. The SMILES string of the molecule is BrP(Br)Br.CC1C=Cc2c(CBr)cccc21.CC1C=Cc2c(CO)cccc21.ClCCl. The van der Waals surface area contributed by atoms with Crippen LogP contribution in [-0.4, -0.2) is 10.4 Å². The molecule has 0 spiro atoms. The van der Waals surface area contributed by atoms with Crippen LogP contribution < -0.4 is 0 Å². The minimum absolute atomic E-state index is 0.139. The maximum absolute atomic E-state index is 9.05. The zero-order chi connectivity index (χ0) is 23.4. The van der Waals surface area contributed by atoms with Crippen LogP contribution in [0.25, 0.3) is 12.2 Å². The van der Waals surface area contributed by atoms with Crippen molar-refractivity contribution in [1.82, 2.24) is 0 Å². The lowest BCUT2D eigenvalue weighted by Gasteiger charge is -2.07. The summed E-state index contributed by atoms with van der Waals surface area (Å²) >= 11 is 22.5. The molecule has 1 nitrogen and oxygen atoms in total. The summed E-state index contributed by atoms with van der Waals surface area (Å²) in [7, 11) is 0. The molecule has 1 N–H and O–H groups in total. The Morgan fingerprint density at radius 3 is 1.61 bits per heavy atom. The van der Waals surface area contributed by atoms with E-state index in [9.17, 15) is 0 Å². The molecule has 0 aliphatic heterocycles. The van der Waals surface area contributed by atoms with Gasteiger partial charge in [-0.15, -0.1) is 23.2 Å². The molecular formula is C23H25Br4Cl2OP. The maximum atomic E-state index is 9.05. The molecule has 0 bridgehead atoms. The van der Waals surface area contributed by atoms with Crippen molar-refractivity contribution in [2.24, 2.45) is 0 Å². The lowest BCUT2D eigenvalue weighted by molar-refractivity contribution is 0.281. The highest BCUT2D eigenvalue weighted by atomic mass is 80.0. The molecule has 4 rings (SSSR count). The predicted octanol–water partition coefficient (Wildman–Crippen LogP) is 10.8. The van der Waals surface area contributed by atoms with Crippen molar-refractivity contribution in [3.05, 3.63) is 81.9 Å². The average molecular weight is 739 g/mol. The molecule has 170 valence electrons. The van der Waals surface area contributed by atoms with Crippen molar-refractivity contribution in [3.63, 3.8) is 0 Å². The standard InChI is InChI=1S/C11H11Br.C11H12O.CH2Cl2.Br3P/c2*1-8-5-6-11-9(7-12)3-2-4-10(8)11;2-1-3;1-4(2)3/h2-6,8H,7H2,1H3;2-6,8,12H,7H2,1H3;1H2;. The summed E-state index contributed by atoms with van der Waals surface area (Å²) in [6.45, 7) is 4.55. The summed E-state index contributed by atoms with van der Waals surface area (Å²) in [5.74, 6) is 1.10. The van der Waals surface area contributed by atoms with E-state index in [2.05, 4.69) is 125 Å². The smallest absolute Gasteiger partial charge is 0.103 e. The van der Waals surface area contributed by atoms with Crippen LogP contribution in [0.4, 0.5) is 0 Å². The fraction of sp³-hybridized carbons (Fsp3) is 0.304. The van der Waals surface area contributed by atoms with Crippen molar-refractivity contribution in [3.8, 4) is 0 Å². The summed E-state index contributed by atoms with van der Waals surface area (Å²) in [5.41, 5.74) is 7.86. The predicted molar refractivity (Wildman–Crippen MR) is 157 cm³/mol. The van der Waals surface area contributed by atoms with Crippen molar-refractivity contribution in [1.29, 1.82) is 0 Å². The van der Waals surface area contributed by atoms with Gasteiger partial charge >= 0.3 is 0 Å². The van der Waals surface area contributed by atoms with E-state index < -0.39 is 0 Å². The zero-order valence-corrected chi connectivity index (χ0v) is 26.0. The summed E-state index contributed by atoms with van der Waals surface area (Å²) in [6.07, 6.45) is 8.77. The van der Waals surface area contributed by atoms with Crippen molar-refractivity contribution in [2.45, 2.75) is 37.6 Å². The highest BCUT2D eigenvalue weighted by Gasteiger charge is 2.15. The summed E-state index contributed by atoms with van der Waals surface area (Å²) in [6, 6.07) is 12.6. The second kappa shape index (κ2) is 16.4. The number of aliphatic hydroxyl groups excluding tert-OH is 1. The van der Waals surface area contributed by atoms with E-state index in [1.807, 2.05) is 12.1 Å².